The highest BCUT2D eigenvalue weighted by Gasteiger charge is 2.21. The van der Waals surface area contributed by atoms with Gasteiger partial charge >= 0.3 is 0 Å². The molecule has 56 heavy (non-hydrogen) atoms. The summed E-state index contributed by atoms with van der Waals surface area (Å²) in [5.74, 6) is 0. The zero-order valence-electron chi connectivity index (χ0n) is 30.2. The van der Waals surface area contributed by atoms with Crippen molar-refractivity contribution < 1.29 is 0 Å². The number of rotatable bonds is 5. The molecule has 12 rings (SSSR count). The van der Waals surface area contributed by atoms with Gasteiger partial charge in [-0.2, -0.15) is 0 Å². The van der Waals surface area contributed by atoms with Crippen LogP contribution in [0.25, 0.3) is 107 Å². The van der Waals surface area contributed by atoms with E-state index in [2.05, 4.69) is 203 Å². The number of fused-ring (bicyclic) bond motifs is 8. The Morgan fingerprint density at radius 2 is 0.768 bits per heavy atom. The molecule has 4 aromatic heterocycles. The van der Waals surface area contributed by atoms with Crippen LogP contribution in [-0.2, 0) is 0 Å². The van der Waals surface area contributed by atoms with E-state index in [1.165, 1.54) is 107 Å². The Bertz CT molecular complexity index is 3340. The molecule has 0 atom stereocenters. The minimum absolute atomic E-state index is 1.17. The maximum Gasteiger partial charge on any atom is 0.0711 e. The van der Waals surface area contributed by atoms with Gasteiger partial charge in [0.25, 0.3) is 0 Å². The van der Waals surface area contributed by atoms with E-state index in [9.17, 15) is 0 Å². The first kappa shape index (κ1) is 31.6. The predicted octanol–water partition coefficient (Wildman–Crippen LogP) is 15.3. The smallest absolute Gasteiger partial charge is 0.0711 e. The molecule has 0 aliphatic rings. The van der Waals surface area contributed by atoms with Crippen LogP contribution in [0.15, 0.2) is 194 Å². The van der Waals surface area contributed by atoms with E-state index >= 15 is 0 Å². The molecule has 4 heteroatoms. The normalized spacial score (nSPS) is 11.9. The SMILES string of the molecule is c1ccc(-n2c3ccccc3c3ccc(-c4ccc(-n5c6cc(-c7ccc8ccccc8c7)sc6c6sc(-c7ccc8ccccc8c7)cc65)cc4)cc32)cc1. The molecule has 262 valence electrons. The van der Waals surface area contributed by atoms with Crippen molar-refractivity contribution in [3.8, 4) is 43.4 Å². The lowest BCUT2D eigenvalue weighted by molar-refractivity contribution is 1.18. The lowest BCUT2D eigenvalue weighted by atomic mass is 10.0. The minimum atomic E-state index is 1.17. The fraction of sp³-hybridized carbons (Fsp3) is 0. The Hall–Kier alpha value is -6.72. The lowest BCUT2D eigenvalue weighted by Crippen LogP contribution is -1.94. The Morgan fingerprint density at radius 1 is 0.286 bits per heavy atom. The zero-order chi connectivity index (χ0) is 36.7. The van der Waals surface area contributed by atoms with Crippen LogP contribution >= 0.6 is 22.7 Å². The van der Waals surface area contributed by atoms with Gasteiger partial charge in [0.05, 0.1) is 31.5 Å². The molecule has 0 fully saturated rings. The van der Waals surface area contributed by atoms with Crippen LogP contribution in [0.2, 0.25) is 0 Å². The molecule has 0 aliphatic heterocycles. The Kier molecular flexibility index (Phi) is 7.00. The summed E-state index contributed by atoms with van der Waals surface area (Å²) in [6.45, 7) is 0. The third kappa shape index (κ3) is 4.93. The van der Waals surface area contributed by atoms with Crippen LogP contribution in [0.5, 0.6) is 0 Å². The summed E-state index contributed by atoms with van der Waals surface area (Å²) in [6.07, 6.45) is 0. The Morgan fingerprint density at radius 3 is 1.41 bits per heavy atom. The van der Waals surface area contributed by atoms with Crippen molar-refractivity contribution >= 4 is 86.5 Å². The van der Waals surface area contributed by atoms with E-state index in [1.54, 1.807) is 0 Å². The highest BCUT2D eigenvalue weighted by molar-refractivity contribution is 7.30. The second kappa shape index (κ2) is 12.4. The van der Waals surface area contributed by atoms with E-state index < -0.39 is 0 Å². The van der Waals surface area contributed by atoms with Crippen molar-refractivity contribution in [2.24, 2.45) is 0 Å². The van der Waals surface area contributed by atoms with Crippen molar-refractivity contribution in [2.45, 2.75) is 0 Å². The van der Waals surface area contributed by atoms with Gasteiger partial charge in [0.2, 0.25) is 0 Å². The van der Waals surface area contributed by atoms with E-state index in [1.807, 2.05) is 22.7 Å². The molecule has 2 nitrogen and oxygen atoms in total. The van der Waals surface area contributed by atoms with Gasteiger partial charge in [0, 0.05) is 31.9 Å². The quantitative estimate of drug-likeness (QED) is 0.166. The number of benzene rings is 8. The van der Waals surface area contributed by atoms with Crippen LogP contribution in [-0.4, -0.2) is 9.13 Å². The summed E-state index contributed by atoms with van der Waals surface area (Å²) >= 11 is 3.81. The molecule has 0 unspecified atom stereocenters. The number of thiophene rings is 2. The average Bonchev–Trinajstić information content (AvgIpc) is 4.03. The van der Waals surface area contributed by atoms with Crippen molar-refractivity contribution in [2.75, 3.05) is 0 Å². The number of hydrogen-bond donors (Lipinski definition) is 0. The molecule has 12 aromatic rings. The highest BCUT2D eigenvalue weighted by Crippen LogP contribution is 2.47. The van der Waals surface area contributed by atoms with Crippen molar-refractivity contribution in [3.05, 3.63) is 194 Å². The van der Waals surface area contributed by atoms with Gasteiger partial charge in [0.15, 0.2) is 0 Å². The third-order valence-corrected chi connectivity index (χ3v) is 13.8. The van der Waals surface area contributed by atoms with Gasteiger partial charge in [-0.3, -0.25) is 0 Å². The van der Waals surface area contributed by atoms with E-state index in [0.717, 1.165) is 0 Å². The number of nitrogens with zero attached hydrogens (tertiary/aromatic N) is 2. The van der Waals surface area contributed by atoms with E-state index in [4.69, 9.17) is 0 Å². The molecule has 4 heterocycles. The molecule has 0 N–H and O–H groups in total. The topological polar surface area (TPSA) is 9.86 Å². The summed E-state index contributed by atoms with van der Waals surface area (Å²) < 4.78 is 7.54. The maximum absolute atomic E-state index is 2.48. The molecule has 0 radical (unpaired) electrons. The summed E-state index contributed by atoms with van der Waals surface area (Å²) in [7, 11) is 0. The summed E-state index contributed by atoms with van der Waals surface area (Å²) in [5.41, 5.74) is 12.2. The first-order valence-electron chi connectivity index (χ1n) is 19.0. The number of hydrogen-bond acceptors (Lipinski definition) is 2. The van der Waals surface area contributed by atoms with Gasteiger partial charge in [-0.15, -0.1) is 22.7 Å². The first-order valence-corrected chi connectivity index (χ1v) is 20.6. The van der Waals surface area contributed by atoms with Crippen molar-refractivity contribution in [1.82, 2.24) is 9.13 Å². The Balaban J connectivity index is 1.01. The molecule has 0 bridgehead atoms. The van der Waals surface area contributed by atoms with Crippen LogP contribution in [0.1, 0.15) is 0 Å². The van der Waals surface area contributed by atoms with Gasteiger partial charge in [0.1, 0.15) is 0 Å². The van der Waals surface area contributed by atoms with Gasteiger partial charge in [-0.1, -0.05) is 133 Å². The van der Waals surface area contributed by atoms with Crippen LogP contribution < -0.4 is 0 Å². The van der Waals surface area contributed by atoms with Crippen LogP contribution in [0, 0.1) is 0 Å². The van der Waals surface area contributed by atoms with Crippen LogP contribution in [0.3, 0.4) is 0 Å². The van der Waals surface area contributed by atoms with E-state index in [0.29, 0.717) is 0 Å². The molecule has 8 aromatic carbocycles. The number of para-hydroxylation sites is 2. The summed E-state index contributed by atoms with van der Waals surface area (Å²) in [4.78, 5) is 2.58. The fourth-order valence-corrected chi connectivity index (χ4v) is 11.0. The molecule has 0 saturated carbocycles. The van der Waals surface area contributed by atoms with Crippen molar-refractivity contribution in [3.63, 3.8) is 0 Å². The Labute approximate surface area is 331 Å². The fourth-order valence-electron chi connectivity index (χ4n) is 8.61. The van der Waals surface area contributed by atoms with Gasteiger partial charge < -0.3 is 9.13 Å². The largest absolute Gasteiger partial charge is 0.309 e. The summed E-state index contributed by atoms with van der Waals surface area (Å²) in [6, 6.07) is 71.3. The number of aromatic nitrogens is 2. The molecular formula is C52H32N2S2. The highest BCUT2D eigenvalue weighted by atomic mass is 32.1. The van der Waals surface area contributed by atoms with Gasteiger partial charge in [-0.25, -0.2) is 0 Å². The van der Waals surface area contributed by atoms with Crippen LogP contribution in [0.4, 0.5) is 0 Å². The lowest BCUT2D eigenvalue weighted by Gasteiger charge is -2.10. The third-order valence-electron chi connectivity index (χ3n) is 11.3. The second-order valence-electron chi connectivity index (χ2n) is 14.6. The maximum atomic E-state index is 2.48. The molecule has 0 aliphatic carbocycles. The molecular weight excluding hydrogens is 717 g/mol. The molecule has 0 amide bonds. The first-order chi connectivity index (χ1) is 27.7. The van der Waals surface area contributed by atoms with Gasteiger partial charge in [-0.05, 0) is 104 Å². The molecule has 0 spiro atoms. The molecule has 0 saturated heterocycles. The predicted molar refractivity (Wildman–Crippen MR) is 242 cm³/mol. The second-order valence-corrected chi connectivity index (χ2v) is 16.7. The van der Waals surface area contributed by atoms with E-state index in [-0.39, 0.29) is 0 Å². The zero-order valence-corrected chi connectivity index (χ0v) is 31.8. The minimum Gasteiger partial charge on any atom is -0.309 e. The summed E-state index contributed by atoms with van der Waals surface area (Å²) in [5, 5.41) is 7.60. The average molecular weight is 749 g/mol. The standard InChI is InChI=1S/C52H32N2S2/c1-2-14-41(15-3-1)53-45-17-9-8-16-43(45)44-27-24-38(30-46(44)53)35-22-25-42(26-23-35)54-47-31-49(39-20-18-33-10-4-6-12-36(33)28-39)55-51(47)52-48(54)32-50(56-52)40-21-19-34-11-5-7-13-37(34)29-40/h1-32H. The monoisotopic (exact) mass is 748 g/mol. The van der Waals surface area contributed by atoms with Crippen molar-refractivity contribution in [1.29, 1.82) is 0 Å².